The highest BCUT2D eigenvalue weighted by Gasteiger charge is 2.61. The summed E-state index contributed by atoms with van der Waals surface area (Å²) in [5.41, 5.74) is 5.36. The van der Waals surface area contributed by atoms with Crippen molar-refractivity contribution in [1.29, 1.82) is 0 Å². The molecule has 1 aliphatic heterocycles. The van der Waals surface area contributed by atoms with E-state index in [2.05, 4.69) is 24.3 Å². The molecule has 4 aromatic rings. The highest BCUT2D eigenvalue weighted by Crippen LogP contribution is 2.61. The Hall–Kier alpha value is -4.84. The predicted octanol–water partition coefficient (Wildman–Crippen LogP) is 5.12. The molecule has 2 atom stereocenters. The van der Waals surface area contributed by atoms with E-state index >= 15 is 0 Å². The van der Waals surface area contributed by atoms with E-state index < -0.39 is 24.4 Å². The fraction of sp³-hybridized carbons (Fsp3) is 0.152. The van der Waals surface area contributed by atoms with Gasteiger partial charge in [0.15, 0.2) is 12.4 Å². The van der Waals surface area contributed by atoms with E-state index in [1.54, 1.807) is 48.5 Å². The van der Waals surface area contributed by atoms with Gasteiger partial charge in [-0.25, -0.2) is 9.69 Å². The van der Waals surface area contributed by atoms with Crippen molar-refractivity contribution in [1.82, 2.24) is 0 Å². The zero-order valence-electron chi connectivity index (χ0n) is 20.8. The average molecular weight is 514 g/mol. The minimum Gasteiger partial charge on any atom is -0.454 e. The van der Waals surface area contributed by atoms with Crippen LogP contribution in [0.15, 0.2) is 103 Å². The largest absolute Gasteiger partial charge is 0.454 e. The topological polar surface area (TPSA) is 80.8 Å². The van der Waals surface area contributed by atoms with Gasteiger partial charge in [-0.15, -0.1) is 0 Å². The van der Waals surface area contributed by atoms with Gasteiger partial charge in [0.25, 0.3) is 0 Å². The molecule has 8 rings (SSSR count). The minimum atomic E-state index is -0.697. The van der Waals surface area contributed by atoms with Crippen LogP contribution in [-0.4, -0.2) is 30.2 Å². The van der Waals surface area contributed by atoms with Crippen LogP contribution in [0.5, 0.6) is 0 Å². The summed E-state index contributed by atoms with van der Waals surface area (Å²) in [4.78, 5) is 54.3. The van der Waals surface area contributed by atoms with Gasteiger partial charge in [-0.2, -0.15) is 0 Å². The Balaban J connectivity index is 1.19. The third-order valence-corrected chi connectivity index (χ3v) is 8.22. The second kappa shape index (κ2) is 8.88. The van der Waals surface area contributed by atoms with E-state index in [0.29, 0.717) is 11.3 Å². The molecule has 0 spiro atoms. The Morgan fingerprint density at radius 3 is 1.64 bits per heavy atom. The number of Topliss-reactive ketones (excluding diaryl/α,β-unsaturated/α-hetero) is 1. The van der Waals surface area contributed by atoms with Gasteiger partial charge in [-0.1, -0.05) is 84.9 Å². The number of imide groups is 1. The molecule has 1 fully saturated rings. The second-order valence-electron chi connectivity index (χ2n) is 10.2. The summed E-state index contributed by atoms with van der Waals surface area (Å²) in [6, 6.07) is 31.1. The first-order valence-electron chi connectivity index (χ1n) is 13.0. The first-order chi connectivity index (χ1) is 19.0. The molecular formula is C33H23NO5. The number of esters is 1. The monoisotopic (exact) mass is 513 g/mol. The lowest BCUT2D eigenvalue weighted by Crippen LogP contribution is -2.41. The van der Waals surface area contributed by atoms with E-state index in [0.717, 1.165) is 22.3 Å². The molecule has 1 heterocycles. The molecule has 2 unspecified atom stereocenters. The molecule has 39 heavy (non-hydrogen) atoms. The highest BCUT2D eigenvalue weighted by molar-refractivity contribution is 6.23. The van der Waals surface area contributed by atoms with Crippen molar-refractivity contribution in [3.05, 3.63) is 137 Å². The van der Waals surface area contributed by atoms with Crippen LogP contribution in [0.3, 0.4) is 0 Å². The third kappa shape index (κ3) is 3.48. The van der Waals surface area contributed by atoms with Crippen molar-refractivity contribution < 1.29 is 23.9 Å². The lowest BCUT2D eigenvalue weighted by atomic mass is 9.55. The van der Waals surface area contributed by atoms with Gasteiger partial charge >= 0.3 is 5.97 Å². The Morgan fingerprint density at radius 2 is 1.10 bits per heavy atom. The molecule has 6 heteroatoms. The van der Waals surface area contributed by atoms with Crippen LogP contribution in [0.2, 0.25) is 0 Å². The lowest BCUT2D eigenvalue weighted by molar-refractivity contribution is -0.122. The number of carbonyl (C=O) groups excluding carboxylic acids is 4. The number of ketones is 1. The number of amides is 2. The van der Waals surface area contributed by atoms with E-state index in [9.17, 15) is 19.2 Å². The van der Waals surface area contributed by atoms with Crippen LogP contribution >= 0.6 is 0 Å². The molecule has 4 aliphatic rings. The summed E-state index contributed by atoms with van der Waals surface area (Å²) in [6.45, 7) is -0.404. The van der Waals surface area contributed by atoms with Crippen LogP contribution in [-0.2, 0) is 14.3 Å². The minimum absolute atomic E-state index is 0.165. The SMILES string of the molecule is O=C(COC(=O)c1cccc(N2C(=O)C3C4c5ccccc5C(c5ccccc54)C3C2=O)c1)c1ccccc1. The van der Waals surface area contributed by atoms with Crippen LogP contribution in [0.4, 0.5) is 5.69 Å². The summed E-state index contributed by atoms with van der Waals surface area (Å²) in [5.74, 6) is -2.95. The maximum absolute atomic E-state index is 14.0. The van der Waals surface area contributed by atoms with Crippen molar-refractivity contribution in [2.45, 2.75) is 11.8 Å². The van der Waals surface area contributed by atoms with Crippen LogP contribution in [0.1, 0.15) is 54.8 Å². The zero-order valence-corrected chi connectivity index (χ0v) is 20.8. The van der Waals surface area contributed by atoms with E-state index in [1.807, 2.05) is 24.3 Å². The molecule has 0 saturated carbocycles. The van der Waals surface area contributed by atoms with Crippen molar-refractivity contribution >= 4 is 29.3 Å². The first-order valence-corrected chi connectivity index (χ1v) is 13.0. The normalized spacial score (nSPS) is 22.2. The Labute approximate surface area is 224 Å². The molecule has 4 aromatic carbocycles. The number of carbonyl (C=O) groups is 4. The van der Waals surface area contributed by atoms with Gasteiger partial charge in [0, 0.05) is 17.4 Å². The number of rotatable bonds is 5. The van der Waals surface area contributed by atoms with Crippen molar-refractivity contribution in [2.24, 2.45) is 11.8 Å². The van der Waals surface area contributed by atoms with Crippen LogP contribution < -0.4 is 4.90 Å². The smallest absolute Gasteiger partial charge is 0.338 e. The molecular weight excluding hydrogens is 490 g/mol. The van der Waals surface area contributed by atoms with Gasteiger partial charge in [-0.05, 0) is 40.5 Å². The van der Waals surface area contributed by atoms with E-state index in [-0.39, 0.29) is 35.0 Å². The van der Waals surface area contributed by atoms with Crippen LogP contribution in [0, 0.1) is 11.8 Å². The summed E-state index contributed by atoms with van der Waals surface area (Å²) < 4.78 is 5.26. The Morgan fingerprint density at radius 1 is 0.615 bits per heavy atom. The fourth-order valence-electron chi connectivity index (χ4n) is 6.63. The second-order valence-corrected chi connectivity index (χ2v) is 10.2. The van der Waals surface area contributed by atoms with Crippen molar-refractivity contribution in [3.8, 4) is 0 Å². The number of anilines is 1. The van der Waals surface area contributed by atoms with Gasteiger partial charge in [-0.3, -0.25) is 14.4 Å². The molecule has 1 saturated heterocycles. The molecule has 0 N–H and O–H groups in total. The summed E-state index contributed by atoms with van der Waals surface area (Å²) in [5, 5.41) is 0. The van der Waals surface area contributed by atoms with Gasteiger partial charge in [0.05, 0.1) is 23.1 Å². The summed E-state index contributed by atoms with van der Waals surface area (Å²) in [7, 11) is 0. The molecule has 0 aromatic heterocycles. The number of ether oxygens (including phenoxy) is 1. The van der Waals surface area contributed by atoms with Crippen LogP contribution in [0.25, 0.3) is 0 Å². The van der Waals surface area contributed by atoms with Crippen molar-refractivity contribution in [2.75, 3.05) is 11.5 Å². The lowest BCUT2D eigenvalue weighted by Gasteiger charge is -2.45. The number of hydrogen-bond donors (Lipinski definition) is 0. The first kappa shape index (κ1) is 23.3. The third-order valence-electron chi connectivity index (χ3n) is 8.22. The number of nitrogens with zero attached hydrogens (tertiary/aromatic N) is 1. The fourth-order valence-corrected chi connectivity index (χ4v) is 6.63. The number of benzene rings is 4. The molecule has 3 aliphatic carbocycles. The summed E-state index contributed by atoms with van der Waals surface area (Å²) >= 11 is 0. The Kier molecular flexibility index (Phi) is 5.30. The molecule has 2 bridgehead atoms. The maximum atomic E-state index is 14.0. The highest BCUT2D eigenvalue weighted by atomic mass is 16.5. The molecule has 6 nitrogen and oxygen atoms in total. The quantitative estimate of drug-likeness (QED) is 0.210. The Bertz CT molecular complexity index is 1560. The van der Waals surface area contributed by atoms with Gasteiger partial charge in [0.2, 0.25) is 11.8 Å². The molecule has 190 valence electrons. The standard InChI is InChI=1S/C33H23NO5/c35-26(19-9-2-1-3-10-19)18-39-33(38)20-11-8-12-21(17-20)34-31(36)29-27-22-13-4-5-14-23(22)28(30(29)32(34)37)25-16-7-6-15-24(25)27/h1-17,27-30H,18H2. The number of hydrogen-bond acceptors (Lipinski definition) is 5. The van der Waals surface area contributed by atoms with Gasteiger partial charge in [0.1, 0.15) is 0 Å². The zero-order chi connectivity index (χ0) is 26.7. The van der Waals surface area contributed by atoms with E-state index in [1.165, 1.54) is 11.0 Å². The molecule has 0 radical (unpaired) electrons. The molecule has 2 amide bonds. The van der Waals surface area contributed by atoms with Gasteiger partial charge < -0.3 is 4.74 Å². The predicted molar refractivity (Wildman–Crippen MR) is 144 cm³/mol. The van der Waals surface area contributed by atoms with E-state index in [4.69, 9.17) is 4.74 Å². The maximum Gasteiger partial charge on any atom is 0.338 e. The summed E-state index contributed by atoms with van der Waals surface area (Å²) in [6.07, 6.45) is 0. The average Bonchev–Trinajstić information content (AvgIpc) is 3.26. The van der Waals surface area contributed by atoms with Crippen molar-refractivity contribution in [3.63, 3.8) is 0 Å².